The van der Waals surface area contributed by atoms with Crippen LogP contribution < -0.4 is 9.64 Å². The Bertz CT molecular complexity index is 1310. The molecular formula is C23H18ClFN4O2. The van der Waals surface area contributed by atoms with Crippen molar-refractivity contribution in [1.29, 1.82) is 0 Å². The number of ether oxygens (including phenoxy) is 1. The second-order valence-corrected chi connectivity index (χ2v) is 7.68. The Kier molecular flexibility index (Phi) is 4.92. The molecule has 3 heterocycles. The lowest BCUT2D eigenvalue weighted by molar-refractivity contribution is 0.271. The molecule has 31 heavy (non-hydrogen) atoms. The third-order valence-electron chi connectivity index (χ3n) is 5.51. The molecule has 0 unspecified atom stereocenters. The average molecular weight is 437 g/mol. The average Bonchev–Trinajstić information content (AvgIpc) is 3.20. The van der Waals surface area contributed by atoms with E-state index in [0.29, 0.717) is 24.4 Å². The van der Waals surface area contributed by atoms with E-state index < -0.39 is 5.82 Å². The van der Waals surface area contributed by atoms with Crippen LogP contribution in [0, 0.1) is 5.82 Å². The molecule has 0 saturated carbocycles. The van der Waals surface area contributed by atoms with Crippen LogP contribution in [-0.4, -0.2) is 33.7 Å². The topological polar surface area (TPSA) is 71.4 Å². The van der Waals surface area contributed by atoms with Crippen molar-refractivity contribution >= 4 is 34.0 Å². The first-order valence-electron chi connectivity index (χ1n) is 9.73. The summed E-state index contributed by atoms with van der Waals surface area (Å²) in [5, 5.41) is 10.6. The highest BCUT2D eigenvalue weighted by atomic mass is 35.5. The van der Waals surface area contributed by atoms with Gasteiger partial charge in [-0.05, 0) is 47.9 Å². The zero-order valence-electron chi connectivity index (χ0n) is 16.6. The summed E-state index contributed by atoms with van der Waals surface area (Å²) in [6, 6.07) is 10.9. The van der Waals surface area contributed by atoms with Gasteiger partial charge in [-0.1, -0.05) is 17.7 Å². The van der Waals surface area contributed by atoms with E-state index in [1.807, 2.05) is 29.2 Å². The molecule has 4 aromatic rings. The number of rotatable bonds is 4. The van der Waals surface area contributed by atoms with Gasteiger partial charge in [0, 0.05) is 34.9 Å². The van der Waals surface area contributed by atoms with E-state index in [9.17, 15) is 9.50 Å². The lowest BCUT2D eigenvalue weighted by atomic mass is 10.0. The van der Waals surface area contributed by atoms with Crippen molar-refractivity contribution in [2.24, 2.45) is 0 Å². The van der Waals surface area contributed by atoms with Gasteiger partial charge in [0.05, 0.1) is 24.3 Å². The normalized spacial score (nSPS) is 13.0. The quantitative estimate of drug-likeness (QED) is 0.501. The predicted molar refractivity (Wildman–Crippen MR) is 117 cm³/mol. The van der Waals surface area contributed by atoms with Gasteiger partial charge in [-0.15, -0.1) is 0 Å². The van der Waals surface area contributed by atoms with Crippen molar-refractivity contribution < 1.29 is 14.2 Å². The highest BCUT2D eigenvalue weighted by molar-refractivity contribution is 6.31. The van der Waals surface area contributed by atoms with Gasteiger partial charge in [0.2, 0.25) is 5.88 Å². The molecule has 0 aliphatic carbocycles. The van der Waals surface area contributed by atoms with Gasteiger partial charge in [-0.3, -0.25) is 0 Å². The van der Waals surface area contributed by atoms with Crippen molar-refractivity contribution in [3.05, 3.63) is 70.9 Å². The van der Waals surface area contributed by atoms with E-state index in [1.54, 1.807) is 12.3 Å². The maximum Gasteiger partial charge on any atom is 0.218 e. The summed E-state index contributed by atoms with van der Waals surface area (Å²) < 4.78 is 19.1. The minimum absolute atomic E-state index is 0.0885. The molecule has 5 rings (SSSR count). The van der Waals surface area contributed by atoms with Crippen molar-refractivity contribution in [3.63, 3.8) is 0 Å². The van der Waals surface area contributed by atoms with Crippen LogP contribution in [0.4, 0.5) is 15.9 Å². The predicted octanol–water partition coefficient (Wildman–Crippen LogP) is 4.68. The lowest BCUT2D eigenvalue weighted by Gasteiger charge is -2.20. The number of nitrogens with zero attached hydrogens (tertiary/aromatic N) is 4. The summed E-state index contributed by atoms with van der Waals surface area (Å²) in [7, 11) is 1.52. The fourth-order valence-electron chi connectivity index (χ4n) is 3.99. The summed E-state index contributed by atoms with van der Waals surface area (Å²) in [4.78, 5) is 15.3. The molecule has 0 amide bonds. The Morgan fingerprint density at radius 3 is 2.81 bits per heavy atom. The second kappa shape index (κ2) is 7.76. The third kappa shape index (κ3) is 3.36. The van der Waals surface area contributed by atoms with Gasteiger partial charge < -0.3 is 14.7 Å². The molecule has 0 bridgehead atoms. The third-order valence-corrected chi connectivity index (χ3v) is 5.80. The number of fused-ring (bicyclic) bond motifs is 2. The molecule has 2 aromatic heterocycles. The maximum absolute atomic E-state index is 13.9. The standard InChI is InChI=1S/C23H18ClFN4O2/c1-31-23-16(11-30)6-15(10-26-23)13-2-3-20-17(7-13)22(28-12-27-20)29-5-4-14-8-19(25)18(24)9-21(14)29/h2-3,6-10,12,30H,4-5,11H2,1H3. The Hall–Kier alpha value is -3.29. The smallest absolute Gasteiger partial charge is 0.218 e. The summed E-state index contributed by atoms with van der Waals surface area (Å²) in [6.07, 6.45) is 3.94. The molecule has 1 aliphatic heterocycles. The van der Waals surface area contributed by atoms with Crippen LogP contribution in [0.25, 0.3) is 22.0 Å². The monoisotopic (exact) mass is 436 g/mol. The number of halogens is 2. The van der Waals surface area contributed by atoms with Crippen LogP contribution in [0.15, 0.2) is 48.9 Å². The minimum atomic E-state index is -0.413. The summed E-state index contributed by atoms with van der Waals surface area (Å²) in [5.74, 6) is 0.717. The Morgan fingerprint density at radius 2 is 2.00 bits per heavy atom. The van der Waals surface area contributed by atoms with E-state index in [2.05, 4.69) is 15.0 Å². The number of benzene rings is 2. The fourth-order valence-corrected chi connectivity index (χ4v) is 4.15. The number of aliphatic hydroxyl groups is 1. The van der Waals surface area contributed by atoms with Crippen LogP contribution in [-0.2, 0) is 13.0 Å². The summed E-state index contributed by atoms with van der Waals surface area (Å²) in [6.45, 7) is 0.498. The van der Waals surface area contributed by atoms with Gasteiger partial charge >= 0.3 is 0 Å². The van der Waals surface area contributed by atoms with E-state index in [0.717, 1.165) is 39.1 Å². The zero-order chi connectivity index (χ0) is 21.5. The van der Waals surface area contributed by atoms with Gasteiger partial charge in [0.15, 0.2) is 0 Å². The molecule has 2 aromatic carbocycles. The fraction of sp³-hybridized carbons (Fsp3) is 0.174. The lowest BCUT2D eigenvalue weighted by Crippen LogP contribution is -2.15. The Balaban J connectivity index is 1.63. The van der Waals surface area contributed by atoms with Crippen molar-refractivity contribution in [3.8, 4) is 17.0 Å². The highest BCUT2D eigenvalue weighted by Gasteiger charge is 2.25. The molecule has 0 radical (unpaired) electrons. The first kappa shape index (κ1) is 19.7. The molecule has 0 fully saturated rings. The van der Waals surface area contributed by atoms with E-state index in [-0.39, 0.29) is 11.6 Å². The molecule has 1 N–H and O–H groups in total. The summed E-state index contributed by atoms with van der Waals surface area (Å²) in [5.41, 5.74) is 4.90. The van der Waals surface area contributed by atoms with E-state index in [1.165, 1.54) is 19.5 Å². The first-order valence-corrected chi connectivity index (χ1v) is 10.1. The first-order chi connectivity index (χ1) is 15.1. The zero-order valence-corrected chi connectivity index (χ0v) is 17.4. The number of hydrogen-bond acceptors (Lipinski definition) is 6. The SMILES string of the molecule is COc1ncc(-c2ccc3ncnc(N4CCc5cc(F)c(Cl)cc54)c3c2)cc1CO. The molecule has 8 heteroatoms. The largest absolute Gasteiger partial charge is 0.481 e. The number of pyridine rings is 1. The number of hydrogen-bond donors (Lipinski definition) is 1. The molecular weight excluding hydrogens is 419 g/mol. The number of anilines is 2. The Labute approximate surface area is 182 Å². The van der Waals surface area contributed by atoms with E-state index in [4.69, 9.17) is 16.3 Å². The van der Waals surface area contributed by atoms with Crippen LogP contribution in [0.1, 0.15) is 11.1 Å². The van der Waals surface area contributed by atoms with Gasteiger partial charge in [-0.25, -0.2) is 19.3 Å². The van der Waals surface area contributed by atoms with Crippen molar-refractivity contribution in [2.45, 2.75) is 13.0 Å². The van der Waals surface area contributed by atoms with Gasteiger partial charge in [0.25, 0.3) is 0 Å². The van der Waals surface area contributed by atoms with Crippen LogP contribution in [0.2, 0.25) is 5.02 Å². The van der Waals surface area contributed by atoms with Crippen LogP contribution in [0.5, 0.6) is 5.88 Å². The second-order valence-electron chi connectivity index (χ2n) is 7.28. The van der Waals surface area contributed by atoms with Crippen LogP contribution >= 0.6 is 11.6 Å². The number of aromatic nitrogens is 3. The molecule has 0 spiro atoms. The summed E-state index contributed by atoms with van der Waals surface area (Å²) >= 11 is 6.05. The highest BCUT2D eigenvalue weighted by Crippen LogP contribution is 2.39. The number of aliphatic hydroxyl groups excluding tert-OH is 1. The molecule has 0 saturated heterocycles. The maximum atomic E-state index is 13.9. The number of methoxy groups -OCH3 is 1. The van der Waals surface area contributed by atoms with E-state index >= 15 is 0 Å². The molecule has 1 aliphatic rings. The van der Waals surface area contributed by atoms with Crippen molar-refractivity contribution in [2.75, 3.05) is 18.6 Å². The van der Waals surface area contributed by atoms with Gasteiger partial charge in [-0.2, -0.15) is 0 Å². The molecule has 0 atom stereocenters. The van der Waals surface area contributed by atoms with Gasteiger partial charge in [0.1, 0.15) is 18.0 Å². The van der Waals surface area contributed by atoms with Crippen LogP contribution in [0.3, 0.4) is 0 Å². The minimum Gasteiger partial charge on any atom is -0.481 e. The molecule has 156 valence electrons. The Morgan fingerprint density at radius 1 is 1.13 bits per heavy atom. The van der Waals surface area contributed by atoms with Crippen molar-refractivity contribution in [1.82, 2.24) is 15.0 Å². The molecule has 6 nitrogen and oxygen atoms in total.